The third-order valence-corrected chi connectivity index (χ3v) is 4.13. The second kappa shape index (κ2) is 9.11. The zero-order chi connectivity index (χ0) is 17.4. The number of unbranched alkanes of at least 4 members (excludes halogenated alkanes) is 2. The first-order chi connectivity index (χ1) is 11.7. The summed E-state index contributed by atoms with van der Waals surface area (Å²) in [5.41, 5.74) is 5.43. The summed E-state index contributed by atoms with van der Waals surface area (Å²) >= 11 is 0. The van der Waals surface area contributed by atoms with Crippen LogP contribution in [0.1, 0.15) is 55.8 Å². The first kappa shape index (κ1) is 18.0. The lowest BCUT2D eigenvalue weighted by molar-refractivity contribution is 0.0954. The van der Waals surface area contributed by atoms with Gasteiger partial charge >= 0.3 is 0 Å². The molecule has 5 nitrogen and oxygen atoms in total. The molecular weight excluding hydrogens is 304 g/mol. The largest absolute Gasteiger partial charge is 0.493 e. The lowest BCUT2D eigenvalue weighted by Crippen LogP contribution is -2.19. The van der Waals surface area contributed by atoms with Crippen LogP contribution in [0, 0.1) is 0 Å². The zero-order valence-electron chi connectivity index (χ0n) is 14.7. The molecule has 24 heavy (non-hydrogen) atoms. The van der Waals surface area contributed by atoms with Gasteiger partial charge in [0, 0.05) is 5.56 Å². The number of rotatable bonds is 8. The zero-order valence-corrected chi connectivity index (χ0v) is 14.7. The number of hydrogen-bond acceptors (Lipinski definition) is 4. The molecule has 0 fully saturated rings. The topological polar surface area (TPSA) is 59.9 Å². The van der Waals surface area contributed by atoms with Gasteiger partial charge in [-0.1, -0.05) is 25.8 Å². The molecule has 0 unspecified atom stereocenters. The van der Waals surface area contributed by atoms with Crippen molar-refractivity contribution in [3.63, 3.8) is 0 Å². The molecule has 0 aromatic heterocycles. The molecule has 0 aliphatic heterocycles. The summed E-state index contributed by atoms with van der Waals surface area (Å²) < 4.78 is 10.4. The second-order valence-electron chi connectivity index (χ2n) is 5.79. The maximum Gasteiger partial charge on any atom is 0.271 e. The van der Waals surface area contributed by atoms with Gasteiger partial charge in [0.1, 0.15) is 0 Å². The molecule has 130 valence electrons. The number of nitrogens with one attached hydrogen (secondary N) is 1. The summed E-state index contributed by atoms with van der Waals surface area (Å²) in [5.74, 6) is 0.874. The van der Waals surface area contributed by atoms with Crippen molar-refractivity contribution in [1.82, 2.24) is 5.43 Å². The molecule has 0 radical (unpaired) electrons. The molecule has 0 spiro atoms. The fourth-order valence-corrected chi connectivity index (χ4v) is 2.76. The summed E-state index contributed by atoms with van der Waals surface area (Å²) in [7, 11) is 3.11. The van der Waals surface area contributed by atoms with E-state index in [1.54, 1.807) is 32.4 Å². The Kier molecular flexibility index (Phi) is 6.85. The average molecular weight is 330 g/mol. The molecule has 1 aromatic carbocycles. The maximum absolute atomic E-state index is 12.3. The van der Waals surface area contributed by atoms with Crippen molar-refractivity contribution in [3.8, 4) is 11.5 Å². The Morgan fingerprint density at radius 1 is 1.21 bits per heavy atom. The monoisotopic (exact) mass is 330 g/mol. The number of carbonyl (C=O) groups excluding carboxylic acids is 1. The fourth-order valence-electron chi connectivity index (χ4n) is 2.76. The van der Waals surface area contributed by atoms with Gasteiger partial charge in [0.2, 0.25) is 0 Å². The number of hydrazone groups is 1. The minimum atomic E-state index is -0.247. The molecule has 0 saturated heterocycles. The first-order valence-electron chi connectivity index (χ1n) is 8.48. The molecule has 5 heteroatoms. The van der Waals surface area contributed by atoms with Crippen LogP contribution in [-0.4, -0.2) is 25.8 Å². The number of ether oxygens (including phenoxy) is 2. The normalized spacial score (nSPS) is 15.3. The van der Waals surface area contributed by atoms with E-state index in [1.807, 2.05) is 0 Å². The highest BCUT2D eigenvalue weighted by Gasteiger charge is 2.15. The molecule has 1 amide bonds. The molecule has 1 aliphatic carbocycles. The van der Waals surface area contributed by atoms with Crippen molar-refractivity contribution < 1.29 is 14.3 Å². The van der Waals surface area contributed by atoms with E-state index in [-0.39, 0.29) is 5.91 Å². The van der Waals surface area contributed by atoms with Gasteiger partial charge in [-0.05, 0) is 49.5 Å². The number of methoxy groups -OCH3 is 2. The van der Waals surface area contributed by atoms with E-state index in [0.717, 1.165) is 25.0 Å². The average Bonchev–Trinajstić information content (AvgIpc) is 3.06. The minimum absolute atomic E-state index is 0.247. The van der Waals surface area contributed by atoms with E-state index in [4.69, 9.17) is 9.47 Å². The lowest BCUT2D eigenvalue weighted by Gasteiger charge is -2.09. The van der Waals surface area contributed by atoms with Gasteiger partial charge in [0.15, 0.2) is 11.5 Å². The summed E-state index contributed by atoms with van der Waals surface area (Å²) in [4.78, 5) is 12.3. The van der Waals surface area contributed by atoms with Crippen LogP contribution in [0.25, 0.3) is 0 Å². The van der Waals surface area contributed by atoms with Gasteiger partial charge in [-0.25, -0.2) is 5.43 Å². The molecule has 1 aromatic rings. The molecule has 0 atom stereocenters. The number of hydrogen-bond donors (Lipinski definition) is 1. The number of carbonyl (C=O) groups is 1. The Labute approximate surface area is 143 Å². The highest BCUT2D eigenvalue weighted by atomic mass is 16.5. The highest BCUT2D eigenvalue weighted by Crippen LogP contribution is 2.27. The van der Waals surface area contributed by atoms with Crippen LogP contribution in [0.3, 0.4) is 0 Å². The molecular formula is C19H26N2O3. The SMILES string of the molecule is CCCCCC1=CCC/C1=N/NC(=O)c1ccc(OC)c(OC)c1. The Balaban J connectivity index is 2.00. The Morgan fingerprint density at radius 3 is 2.71 bits per heavy atom. The molecule has 0 bridgehead atoms. The number of benzene rings is 1. The van der Waals surface area contributed by atoms with E-state index in [2.05, 4.69) is 23.5 Å². The predicted molar refractivity (Wildman–Crippen MR) is 95.9 cm³/mol. The summed E-state index contributed by atoms with van der Waals surface area (Å²) in [6.45, 7) is 2.20. The molecule has 0 saturated carbocycles. The summed E-state index contributed by atoms with van der Waals surface area (Å²) in [5, 5.41) is 4.33. The number of amides is 1. The number of nitrogens with zero attached hydrogens (tertiary/aromatic N) is 1. The van der Waals surface area contributed by atoms with Gasteiger partial charge in [-0.15, -0.1) is 0 Å². The van der Waals surface area contributed by atoms with E-state index >= 15 is 0 Å². The van der Waals surface area contributed by atoms with E-state index in [0.29, 0.717) is 17.1 Å². The Morgan fingerprint density at radius 2 is 2.00 bits per heavy atom. The first-order valence-corrected chi connectivity index (χ1v) is 8.48. The van der Waals surface area contributed by atoms with Gasteiger partial charge in [0.05, 0.1) is 19.9 Å². The smallest absolute Gasteiger partial charge is 0.271 e. The van der Waals surface area contributed by atoms with Crippen molar-refractivity contribution in [2.75, 3.05) is 14.2 Å². The van der Waals surface area contributed by atoms with E-state index in [1.165, 1.54) is 24.8 Å². The van der Waals surface area contributed by atoms with Gasteiger partial charge in [0.25, 0.3) is 5.91 Å². The van der Waals surface area contributed by atoms with Gasteiger partial charge in [-0.3, -0.25) is 4.79 Å². The highest BCUT2D eigenvalue weighted by molar-refractivity contribution is 6.03. The van der Waals surface area contributed by atoms with Crippen molar-refractivity contribution in [3.05, 3.63) is 35.4 Å². The quantitative estimate of drug-likeness (QED) is 0.577. The van der Waals surface area contributed by atoms with Crippen LogP contribution >= 0.6 is 0 Å². The fraction of sp³-hybridized carbons (Fsp3) is 0.474. The van der Waals surface area contributed by atoms with Gasteiger partial charge < -0.3 is 9.47 Å². The third-order valence-electron chi connectivity index (χ3n) is 4.13. The van der Waals surface area contributed by atoms with Gasteiger partial charge in [-0.2, -0.15) is 5.10 Å². The lowest BCUT2D eigenvalue weighted by atomic mass is 10.1. The predicted octanol–water partition coefficient (Wildman–Crippen LogP) is 4.09. The standard InChI is InChI=1S/C19H26N2O3/c1-4-5-6-8-14-9-7-10-16(14)20-21-19(22)15-11-12-17(23-2)18(13-15)24-3/h9,11-13H,4-8,10H2,1-3H3,(H,21,22)/b20-16-. The third kappa shape index (κ3) is 4.60. The second-order valence-corrected chi connectivity index (χ2v) is 5.79. The molecule has 0 heterocycles. The Bertz CT molecular complexity index is 635. The van der Waals surface area contributed by atoms with Crippen molar-refractivity contribution >= 4 is 11.6 Å². The van der Waals surface area contributed by atoms with Crippen molar-refractivity contribution in [1.29, 1.82) is 0 Å². The van der Waals surface area contributed by atoms with Crippen LogP contribution in [0.2, 0.25) is 0 Å². The van der Waals surface area contributed by atoms with Crippen molar-refractivity contribution in [2.24, 2.45) is 5.10 Å². The van der Waals surface area contributed by atoms with Crippen LogP contribution in [0.15, 0.2) is 34.9 Å². The minimum Gasteiger partial charge on any atom is -0.493 e. The summed E-state index contributed by atoms with van der Waals surface area (Å²) in [6.07, 6.45) is 8.78. The van der Waals surface area contributed by atoms with Crippen LogP contribution in [0.4, 0.5) is 0 Å². The molecule has 2 rings (SSSR count). The van der Waals surface area contributed by atoms with Crippen LogP contribution in [0.5, 0.6) is 11.5 Å². The van der Waals surface area contributed by atoms with Crippen LogP contribution < -0.4 is 14.9 Å². The molecule has 1 N–H and O–H groups in total. The van der Waals surface area contributed by atoms with E-state index < -0.39 is 0 Å². The van der Waals surface area contributed by atoms with Crippen LogP contribution in [-0.2, 0) is 0 Å². The van der Waals surface area contributed by atoms with Crippen molar-refractivity contribution in [2.45, 2.75) is 45.4 Å². The molecule has 1 aliphatic rings. The maximum atomic E-state index is 12.3. The Hall–Kier alpha value is -2.30. The summed E-state index contributed by atoms with van der Waals surface area (Å²) in [6, 6.07) is 5.07. The number of allylic oxidation sites excluding steroid dienone is 2. The van der Waals surface area contributed by atoms with E-state index in [9.17, 15) is 4.79 Å².